The van der Waals surface area contributed by atoms with Crippen molar-refractivity contribution in [3.05, 3.63) is 35.9 Å². The molecule has 4 heteroatoms. The number of hydrogen-bond acceptors (Lipinski definition) is 2. The molecule has 0 bridgehead atoms. The van der Waals surface area contributed by atoms with Gasteiger partial charge in [0.05, 0.1) is 5.41 Å². The summed E-state index contributed by atoms with van der Waals surface area (Å²) in [5.41, 5.74) is -0.307. The molecular formula is C16H21NO3. The SMILES string of the molecule is CC1(CNC(=O)CC(C)(C(=O)O)c2ccccc2)CC1. The summed E-state index contributed by atoms with van der Waals surface area (Å²) in [4.78, 5) is 23.6. The van der Waals surface area contributed by atoms with Crippen LogP contribution in [-0.2, 0) is 15.0 Å². The maximum Gasteiger partial charge on any atom is 0.314 e. The van der Waals surface area contributed by atoms with Crippen molar-refractivity contribution < 1.29 is 14.7 Å². The maximum atomic E-state index is 12.0. The van der Waals surface area contributed by atoms with Crippen LogP contribution in [0.15, 0.2) is 30.3 Å². The van der Waals surface area contributed by atoms with Crippen LogP contribution in [0.5, 0.6) is 0 Å². The van der Waals surface area contributed by atoms with Gasteiger partial charge in [0, 0.05) is 13.0 Å². The van der Waals surface area contributed by atoms with Crippen LogP contribution < -0.4 is 5.32 Å². The Morgan fingerprint density at radius 3 is 2.40 bits per heavy atom. The molecule has 1 aromatic carbocycles. The average Bonchev–Trinajstić information content (AvgIpc) is 3.16. The van der Waals surface area contributed by atoms with E-state index in [4.69, 9.17) is 0 Å². The number of carboxylic acid groups (broad SMARTS) is 1. The number of aliphatic carboxylic acids is 1. The smallest absolute Gasteiger partial charge is 0.314 e. The first-order chi connectivity index (χ1) is 9.36. The van der Waals surface area contributed by atoms with Crippen molar-refractivity contribution >= 4 is 11.9 Å². The normalized spacial score (nSPS) is 18.9. The Morgan fingerprint density at radius 2 is 1.90 bits per heavy atom. The Balaban J connectivity index is 2.05. The minimum atomic E-state index is -1.18. The Hall–Kier alpha value is -1.84. The molecule has 1 amide bonds. The molecular weight excluding hydrogens is 254 g/mol. The summed E-state index contributed by atoms with van der Waals surface area (Å²) in [6.45, 7) is 4.36. The predicted molar refractivity (Wildman–Crippen MR) is 76.4 cm³/mol. The average molecular weight is 275 g/mol. The molecule has 0 spiro atoms. The van der Waals surface area contributed by atoms with Crippen molar-refractivity contribution in [2.45, 2.75) is 38.5 Å². The largest absolute Gasteiger partial charge is 0.481 e. The molecule has 108 valence electrons. The van der Waals surface area contributed by atoms with E-state index in [1.165, 1.54) is 0 Å². The van der Waals surface area contributed by atoms with Crippen LogP contribution in [0.1, 0.15) is 38.7 Å². The van der Waals surface area contributed by atoms with Crippen LogP contribution in [0, 0.1) is 5.41 Å². The van der Waals surface area contributed by atoms with E-state index in [-0.39, 0.29) is 17.7 Å². The summed E-state index contributed by atoms with van der Waals surface area (Å²) >= 11 is 0. The first-order valence-electron chi connectivity index (χ1n) is 6.91. The summed E-state index contributed by atoms with van der Waals surface area (Å²) < 4.78 is 0. The molecule has 1 aliphatic rings. The number of hydrogen-bond donors (Lipinski definition) is 2. The van der Waals surface area contributed by atoms with Gasteiger partial charge < -0.3 is 10.4 Å². The molecule has 4 nitrogen and oxygen atoms in total. The van der Waals surface area contributed by atoms with Gasteiger partial charge in [-0.2, -0.15) is 0 Å². The van der Waals surface area contributed by atoms with Crippen molar-refractivity contribution in [1.82, 2.24) is 5.32 Å². The molecule has 1 saturated carbocycles. The lowest BCUT2D eigenvalue weighted by Crippen LogP contribution is -2.40. The van der Waals surface area contributed by atoms with E-state index in [2.05, 4.69) is 12.2 Å². The summed E-state index contributed by atoms with van der Waals surface area (Å²) in [6.07, 6.45) is 2.22. The third-order valence-corrected chi connectivity index (χ3v) is 4.21. The zero-order chi connectivity index (χ0) is 14.8. The number of carboxylic acids is 1. The molecule has 1 fully saturated rings. The van der Waals surface area contributed by atoms with Gasteiger partial charge in [0.2, 0.25) is 5.91 Å². The van der Waals surface area contributed by atoms with Crippen LogP contribution in [0.3, 0.4) is 0 Å². The number of carbonyl (C=O) groups excluding carboxylic acids is 1. The number of benzene rings is 1. The number of amides is 1. The lowest BCUT2D eigenvalue weighted by molar-refractivity contribution is -0.145. The molecule has 0 aromatic heterocycles. The Kier molecular flexibility index (Phi) is 3.84. The van der Waals surface area contributed by atoms with Crippen LogP contribution in [0.4, 0.5) is 0 Å². The summed E-state index contributed by atoms with van der Waals surface area (Å²) in [7, 11) is 0. The van der Waals surface area contributed by atoms with Crippen molar-refractivity contribution in [3.8, 4) is 0 Å². The Bertz CT molecular complexity index is 508. The highest BCUT2D eigenvalue weighted by Crippen LogP contribution is 2.44. The van der Waals surface area contributed by atoms with Crippen molar-refractivity contribution in [2.75, 3.05) is 6.54 Å². The lowest BCUT2D eigenvalue weighted by atomic mass is 9.79. The topological polar surface area (TPSA) is 66.4 Å². The van der Waals surface area contributed by atoms with E-state index < -0.39 is 11.4 Å². The lowest BCUT2D eigenvalue weighted by Gasteiger charge is -2.25. The highest BCUT2D eigenvalue weighted by molar-refractivity contribution is 5.89. The van der Waals surface area contributed by atoms with Crippen LogP contribution >= 0.6 is 0 Å². The van der Waals surface area contributed by atoms with Crippen LogP contribution in [0.25, 0.3) is 0 Å². The fourth-order valence-corrected chi connectivity index (χ4v) is 2.19. The van der Waals surface area contributed by atoms with Gasteiger partial charge in [-0.1, -0.05) is 37.3 Å². The molecule has 0 radical (unpaired) electrons. The van der Waals surface area contributed by atoms with Gasteiger partial charge in [-0.15, -0.1) is 0 Å². The van der Waals surface area contributed by atoms with E-state index in [0.29, 0.717) is 12.1 Å². The third-order valence-electron chi connectivity index (χ3n) is 4.21. The van der Waals surface area contributed by atoms with Crippen LogP contribution in [0.2, 0.25) is 0 Å². The number of nitrogens with one attached hydrogen (secondary N) is 1. The quantitative estimate of drug-likeness (QED) is 0.837. The van der Waals surface area contributed by atoms with Gasteiger partial charge in [-0.25, -0.2) is 0 Å². The second kappa shape index (κ2) is 5.27. The Labute approximate surface area is 119 Å². The van der Waals surface area contributed by atoms with Gasteiger partial charge in [-0.3, -0.25) is 9.59 Å². The van der Waals surface area contributed by atoms with Crippen molar-refractivity contribution in [1.29, 1.82) is 0 Å². The van der Waals surface area contributed by atoms with Gasteiger partial charge >= 0.3 is 5.97 Å². The monoisotopic (exact) mass is 275 g/mol. The highest BCUT2D eigenvalue weighted by Gasteiger charge is 2.40. The van der Waals surface area contributed by atoms with Gasteiger partial charge in [0.15, 0.2) is 0 Å². The standard InChI is InChI=1S/C16H21NO3/c1-15(8-9-15)11-17-13(18)10-16(2,14(19)20)12-6-4-3-5-7-12/h3-7H,8-11H2,1-2H3,(H,17,18)(H,19,20). The molecule has 1 unspecified atom stereocenters. The molecule has 0 heterocycles. The Morgan fingerprint density at radius 1 is 1.30 bits per heavy atom. The summed E-state index contributed by atoms with van der Waals surface area (Å²) in [5.74, 6) is -1.18. The summed E-state index contributed by atoms with van der Waals surface area (Å²) in [6, 6.07) is 8.92. The van der Waals surface area contributed by atoms with E-state index in [1.807, 2.05) is 6.07 Å². The molecule has 0 aliphatic heterocycles. The van der Waals surface area contributed by atoms with Gasteiger partial charge in [-0.05, 0) is 30.7 Å². The molecule has 1 aromatic rings. The zero-order valence-electron chi connectivity index (χ0n) is 12.0. The molecule has 20 heavy (non-hydrogen) atoms. The van der Waals surface area contributed by atoms with E-state index >= 15 is 0 Å². The molecule has 0 saturated heterocycles. The fourth-order valence-electron chi connectivity index (χ4n) is 2.19. The van der Waals surface area contributed by atoms with E-state index in [1.54, 1.807) is 31.2 Å². The zero-order valence-corrected chi connectivity index (χ0v) is 12.0. The molecule has 2 rings (SSSR count). The number of rotatable bonds is 6. The second-order valence-corrected chi connectivity index (χ2v) is 6.27. The second-order valence-electron chi connectivity index (χ2n) is 6.27. The van der Waals surface area contributed by atoms with Gasteiger partial charge in [0.25, 0.3) is 0 Å². The first kappa shape index (κ1) is 14.6. The highest BCUT2D eigenvalue weighted by atomic mass is 16.4. The van der Waals surface area contributed by atoms with Crippen molar-refractivity contribution in [2.24, 2.45) is 5.41 Å². The summed E-state index contributed by atoms with van der Waals surface area (Å²) in [5, 5.41) is 12.4. The van der Waals surface area contributed by atoms with Crippen LogP contribution in [-0.4, -0.2) is 23.5 Å². The van der Waals surface area contributed by atoms with E-state index in [0.717, 1.165) is 12.8 Å². The maximum absolute atomic E-state index is 12.0. The molecule has 1 aliphatic carbocycles. The van der Waals surface area contributed by atoms with E-state index in [9.17, 15) is 14.7 Å². The third kappa shape index (κ3) is 3.18. The molecule has 2 N–H and O–H groups in total. The first-order valence-corrected chi connectivity index (χ1v) is 6.91. The van der Waals surface area contributed by atoms with Gasteiger partial charge in [0.1, 0.15) is 0 Å². The minimum Gasteiger partial charge on any atom is -0.481 e. The fraction of sp³-hybridized carbons (Fsp3) is 0.500. The number of carbonyl (C=O) groups is 2. The van der Waals surface area contributed by atoms with Crippen molar-refractivity contribution in [3.63, 3.8) is 0 Å². The predicted octanol–water partition coefficient (Wildman–Crippen LogP) is 2.34. The molecule has 1 atom stereocenters. The minimum absolute atomic E-state index is 0.0393.